The van der Waals surface area contributed by atoms with Crippen molar-refractivity contribution in [2.45, 2.75) is 6.61 Å². The highest BCUT2D eigenvalue weighted by Crippen LogP contribution is 2.32. The summed E-state index contributed by atoms with van der Waals surface area (Å²) in [4.78, 5) is 6.30. The van der Waals surface area contributed by atoms with Crippen molar-refractivity contribution >= 4 is 44.8 Å². The molecule has 0 saturated heterocycles. The largest absolute Gasteiger partial charge is 0.493 e. The van der Waals surface area contributed by atoms with Crippen LogP contribution in [0.4, 0.5) is 0 Å². The number of methoxy groups -OCH3 is 1. The number of rotatable bonds is 7. The van der Waals surface area contributed by atoms with Crippen LogP contribution in [0.5, 0.6) is 11.5 Å². The third-order valence-electron chi connectivity index (χ3n) is 4.45. The van der Waals surface area contributed by atoms with E-state index in [0.717, 1.165) is 30.3 Å². The van der Waals surface area contributed by atoms with E-state index in [1.54, 1.807) is 43.0 Å². The third kappa shape index (κ3) is 5.15. The van der Waals surface area contributed by atoms with Crippen molar-refractivity contribution in [3.05, 3.63) is 85.8 Å². The minimum atomic E-state index is 0.483. The van der Waals surface area contributed by atoms with E-state index in [9.17, 15) is 0 Å². The minimum absolute atomic E-state index is 0.483. The Bertz CT molecular complexity index is 1260. The van der Waals surface area contributed by atoms with Crippen LogP contribution in [0.15, 0.2) is 79.9 Å². The SMILES string of the molecule is CN=c1scc(-c2ccc(Br)s2)n1N=Cc1ccc(OCc2ccccc2)c(OC)c1. The fourth-order valence-electron chi connectivity index (χ4n) is 2.93. The van der Waals surface area contributed by atoms with Crippen molar-refractivity contribution in [1.29, 1.82) is 0 Å². The monoisotopic (exact) mass is 513 g/mol. The average Bonchev–Trinajstić information content (AvgIpc) is 3.42. The Morgan fingerprint density at radius 1 is 1.06 bits per heavy atom. The number of thiazole rings is 1. The molecule has 2 aromatic carbocycles. The normalized spacial score (nSPS) is 11.9. The molecule has 0 bridgehead atoms. The molecule has 0 atom stereocenters. The van der Waals surface area contributed by atoms with Crippen LogP contribution in [-0.2, 0) is 6.61 Å². The van der Waals surface area contributed by atoms with Crippen LogP contribution in [0.3, 0.4) is 0 Å². The average molecular weight is 514 g/mol. The molecule has 4 aromatic rings. The molecule has 0 saturated carbocycles. The van der Waals surface area contributed by atoms with E-state index in [1.807, 2.05) is 59.3 Å². The Labute approximate surface area is 197 Å². The lowest BCUT2D eigenvalue weighted by Gasteiger charge is -2.11. The number of hydrogen-bond donors (Lipinski definition) is 0. The summed E-state index contributed by atoms with van der Waals surface area (Å²) in [6.45, 7) is 0.483. The zero-order chi connectivity index (χ0) is 21.6. The van der Waals surface area contributed by atoms with Gasteiger partial charge >= 0.3 is 0 Å². The number of benzene rings is 2. The van der Waals surface area contributed by atoms with Gasteiger partial charge in [0, 0.05) is 12.4 Å². The summed E-state index contributed by atoms with van der Waals surface area (Å²) in [6.07, 6.45) is 1.80. The maximum atomic E-state index is 5.94. The Morgan fingerprint density at radius 3 is 2.61 bits per heavy atom. The van der Waals surface area contributed by atoms with E-state index in [2.05, 4.69) is 32.4 Å². The summed E-state index contributed by atoms with van der Waals surface area (Å²) in [7, 11) is 3.41. The molecule has 4 rings (SSSR count). The molecule has 2 heterocycles. The predicted octanol–water partition coefficient (Wildman–Crippen LogP) is 6.04. The molecule has 0 amide bonds. The standard InChI is InChI=1S/C23H20BrN3O2S2/c1-25-23-27(18(15-30-23)21-10-11-22(24)31-21)26-13-17-8-9-19(20(12-17)28-2)29-14-16-6-4-3-5-7-16/h3-13,15H,14H2,1-2H3. The lowest BCUT2D eigenvalue weighted by molar-refractivity contribution is 0.284. The van der Waals surface area contributed by atoms with Gasteiger partial charge in [-0.3, -0.25) is 4.99 Å². The Balaban J connectivity index is 1.58. The van der Waals surface area contributed by atoms with Gasteiger partial charge in [0.05, 0.1) is 27.7 Å². The number of thiophene rings is 1. The molecule has 158 valence electrons. The molecule has 8 heteroatoms. The van der Waals surface area contributed by atoms with Crippen molar-refractivity contribution in [2.24, 2.45) is 10.1 Å². The Kier molecular flexibility index (Phi) is 7.01. The van der Waals surface area contributed by atoms with E-state index in [0.29, 0.717) is 18.1 Å². The van der Waals surface area contributed by atoms with Crippen LogP contribution in [0, 0.1) is 0 Å². The number of halogens is 1. The third-order valence-corrected chi connectivity index (χ3v) is 7.00. The first-order chi connectivity index (χ1) is 15.2. The van der Waals surface area contributed by atoms with Crippen LogP contribution in [0.1, 0.15) is 11.1 Å². The topological polar surface area (TPSA) is 48.1 Å². The van der Waals surface area contributed by atoms with Gasteiger partial charge in [-0.15, -0.1) is 22.7 Å². The number of nitrogens with zero attached hydrogens (tertiary/aromatic N) is 3. The molecular formula is C23H20BrN3O2S2. The van der Waals surface area contributed by atoms with Gasteiger partial charge in [-0.25, -0.2) is 4.68 Å². The van der Waals surface area contributed by atoms with Gasteiger partial charge in [-0.2, -0.15) is 5.10 Å². The highest BCUT2D eigenvalue weighted by Gasteiger charge is 2.10. The fraction of sp³-hybridized carbons (Fsp3) is 0.130. The first-order valence-electron chi connectivity index (χ1n) is 9.46. The summed E-state index contributed by atoms with van der Waals surface area (Å²) >= 11 is 6.75. The van der Waals surface area contributed by atoms with E-state index < -0.39 is 0 Å². The second-order valence-corrected chi connectivity index (χ2v) is 9.77. The molecule has 2 aromatic heterocycles. The Morgan fingerprint density at radius 2 is 1.90 bits per heavy atom. The summed E-state index contributed by atoms with van der Waals surface area (Å²) in [6, 6.07) is 19.9. The predicted molar refractivity (Wildman–Crippen MR) is 132 cm³/mol. The molecule has 0 aliphatic rings. The van der Waals surface area contributed by atoms with E-state index >= 15 is 0 Å². The molecule has 0 unspecified atom stereocenters. The molecule has 0 spiro atoms. The van der Waals surface area contributed by atoms with Gasteiger partial charge in [-0.1, -0.05) is 30.3 Å². The molecule has 0 N–H and O–H groups in total. The molecule has 0 radical (unpaired) electrons. The highest BCUT2D eigenvalue weighted by molar-refractivity contribution is 9.11. The van der Waals surface area contributed by atoms with Gasteiger partial charge in [0.25, 0.3) is 0 Å². The summed E-state index contributed by atoms with van der Waals surface area (Å²) in [5, 5.41) is 6.76. The van der Waals surface area contributed by atoms with Gasteiger partial charge in [0.15, 0.2) is 11.5 Å². The van der Waals surface area contributed by atoms with Gasteiger partial charge in [0.1, 0.15) is 6.61 Å². The zero-order valence-corrected chi connectivity index (χ0v) is 20.2. The van der Waals surface area contributed by atoms with Crippen molar-refractivity contribution in [3.63, 3.8) is 0 Å². The number of ether oxygens (including phenoxy) is 2. The second kappa shape index (κ2) is 10.1. The summed E-state index contributed by atoms with van der Waals surface area (Å²) < 4.78 is 14.4. The Hall–Kier alpha value is -2.68. The quantitative estimate of drug-likeness (QED) is 0.283. The smallest absolute Gasteiger partial charge is 0.205 e. The number of aromatic nitrogens is 1. The number of hydrogen-bond acceptors (Lipinski definition) is 6. The lowest BCUT2D eigenvalue weighted by Crippen LogP contribution is -2.11. The van der Waals surface area contributed by atoms with Crippen molar-refractivity contribution < 1.29 is 9.47 Å². The van der Waals surface area contributed by atoms with Crippen LogP contribution in [-0.4, -0.2) is 25.0 Å². The maximum Gasteiger partial charge on any atom is 0.205 e. The van der Waals surface area contributed by atoms with Crippen molar-refractivity contribution in [3.8, 4) is 22.1 Å². The highest BCUT2D eigenvalue weighted by atomic mass is 79.9. The maximum absolute atomic E-state index is 5.94. The van der Waals surface area contributed by atoms with Crippen LogP contribution < -0.4 is 14.3 Å². The van der Waals surface area contributed by atoms with Gasteiger partial charge in [-0.05, 0) is 57.4 Å². The first-order valence-corrected chi connectivity index (χ1v) is 11.9. The molecule has 0 fully saturated rings. The molecule has 0 aliphatic carbocycles. The second-order valence-electron chi connectivity index (χ2n) is 6.47. The molecular weight excluding hydrogens is 494 g/mol. The molecule has 0 aliphatic heterocycles. The first kappa shape index (κ1) is 21.5. The van der Waals surface area contributed by atoms with Crippen molar-refractivity contribution in [2.75, 3.05) is 14.2 Å². The van der Waals surface area contributed by atoms with Gasteiger partial charge < -0.3 is 9.47 Å². The molecule has 5 nitrogen and oxygen atoms in total. The van der Waals surface area contributed by atoms with Gasteiger partial charge in [0.2, 0.25) is 4.80 Å². The van der Waals surface area contributed by atoms with E-state index in [4.69, 9.17) is 14.6 Å². The van der Waals surface area contributed by atoms with E-state index in [1.165, 1.54) is 0 Å². The zero-order valence-electron chi connectivity index (χ0n) is 17.0. The minimum Gasteiger partial charge on any atom is -0.493 e. The summed E-state index contributed by atoms with van der Waals surface area (Å²) in [5.41, 5.74) is 3.02. The van der Waals surface area contributed by atoms with Crippen molar-refractivity contribution in [1.82, 2.24) is 4.68 Å². The lowest BCUT2D eigenvalue weighted by atomic mass is 10.2. The summed E-state index contributed by atoms with van der Waals surface area (Å²) in [5.74, 6) is 1.36. The van der Waals surface area contributed by atoms with E-state index in [-0.39, 0.29) is 0 Å². The van der Waals surface area contributed by atoms with Crippen LogP contribution >= 0.6 is 38.6 Å². The van der Waals surface area contributed by atoms with Crippen LogP contribution in [0.2, 0.25) is 0 Å². The molecule has 31 heavy (non-hydrogen) atoms. The fourth-order valence-corrected chi connectivity index (χ4v) is 5.19. The van der Waals surface area contributed by atoms with Crippen LogP contribution in [0.25, 0.3) is 10.6 Å².